The lowest BCUT2D eigenvalue weighted by Crippen LogP contribution is -1.93. The molecule has 0 amide bonds. The van der Waals surface area contributed by atoms with E-state index in [0.29, 0.717) is 0 Å². The van der Waals surface area contributed by atoms with E-state index in [-0.39, 0.29) is 15.9 Å². The quantitative estimate of drug-likeness (QED) is 0.881. The minimum absolute atomic E-state index is 0.0868. The second-order valence-electron chi connectivity index (χ2n) is 2.19. The zero-order chi connectivity index (χ0) is 10.0. The van der Waals surface area contributed by atoms with E-state index in [4.69, 9.17) is 0 Å². The Bertz CT molecular complexity index is 320. The molecule has 1 heterocycles. The lowest BCUT2D eigenvalue weighted by Gasteiger charge is -2.07. The Balaban J connectivity index is 3.23. The predicted molar refractivity (Wildman–Crippen MR) is 45.1 cm³/mol. The number of nitrogens with zero attached hydrogens (tertiary/aromatic N) is 1. The average molecular weight is 254 g/mol. The molecule has 0 aliphatic carbocycles. The first-order chi connectivity index (χ1) is 6.07. The largest absolute Gasteiger partial charge is 0.502 e. The number of pyridine rings is 1. The van der Waals surface area contributed by atoms with Gasteiger partial charge in [0.1, 0.15) is 0 Å². The van der Waals surface area contributed by atoms with E-state index in [2.05, 4.69) is 25.7 Å². The fourth-order valence-electron chi connectivity index (χ4n) is 0.778. The Labute approximate surface area is 81.5 Å². The molecular formula is C7H6BrF2NO2. The van der Waals surface area contributed by atoms with E-state index in [1.54, 1.807) is 0 Å². The zero-order valence-corrected chi connectivity index (χ0v) is 8.18. The average Bonchev–Trinajstić information content (AvgIpc) is 2.09. The summed E-state index contributed by atoms with van der Waals surface area (Å²) in [5.74, 6) is -0.503. The number of rotatable bonds is 2. The van der Waals surface area contributed by atoms with Crippen LogP contribution >= 0.6 is 15.9 Å². The number of halogens is 3. The van der Waals surface area contributed by atoms with Gasteiger partial charge in [-0.15, -0.1) is 0 Å². The van der Waals surface area contributed by atoms with Gasteiger partial charge in [-0.05, 0) is 15.9 Å². The van der Waals surface area contributed by atoms with Crippen molar-refractivity contribution in [3.05, 3.63) is 16.2 Å². The molecular weight excluding hydrogens is 248 g/mol. The van der Waals surface area contributed by atoms with E-state index < -0.39 is 12.2 Å². The summed E-state index contributed by atoms with van der Waals surface area (Å²) in [6.45, 7) is 0. The highest BCUT2D eigenvalue weighted by Gasteiger charge is 2.18. The van der Waals surface area contributed by atoms with Gasteiger partial charge in [0.05, 0.1) is 17.1 Å². The van der Waals surface area contributed by atoms with Crippen molar-refractivity contribution < 1.29 is 18.6 Å². The van der Waals surface area contributed by atoms with E-state index in [9.17, 15) is 13.9 Å². The van der Waals surface area contributed by atoms with Crippen molar-refractivity contribution in [2.45, 2.75) is 6.43 Å². The van der Waals surface area contributed by atoms with Gasteiger partial charge in [-0.1, -0.05) is 0 Å². The molecule has 1 aromatic heterocycles. The Morgan fingerprint density at radius 1 is 1.62 bits per heavy atom. The second kappa shape index (κ2) is 3.87. The van der Waals surface area contributed by atoms with Gasteiger partial charge in [-0.2, -0.15) is 0 Å². The van der Waals surface area contributed by atoms with Crippen molar-refractivity contribution >= 4 is 15.9 Å². The minimum atomic E-state index is -2.68. The molecule has 3 nitrogen and oxygen atoms in total. The highest BCUT2D eigenvalue weighted by Crippen LogP contribution is 2.38. The van der Waals surface area contributed by atoms with Crippen LogP contribution in [0.5, 0.6) is 11.6 Å². The maximum absolute atomic E-state index is 12.2. The van der Waals surface area contributed by atoms with Crippen molar-refractivity contribution in [1.82, 2.24) is 4.98 Å². The monoisotopic (exact) mass is 253 g/mol. The lowest BCUT2D eigenvalue weighted by atomic mass is 10.3. The van der Waals surface area contributed by atoms with E-state index in [1.165, 1.54) is 7.11 Å². The molecule has 0 saturated carbocycles. The molecule has 0 radical (unpaired) electrons. The fraction of sp³-hybridized carbons (Fsp3) is 0.286. The molecule has 0 aromatic carbocycles. The van der Waals surface area contributed by atoms with Gasteiger partial charge in [0.2, 0.25) is 0 Å². The van der Waals surface area contributed by atoms with Crippen LogP contribution in [0.1, 0.15) is 12.0 Å². The Kier molecular flexibility index (Phi) is 3.02. The smallest absolute Gasteiger partial charge is 0.266 e. The molecule has 0 aliphatic heterocycles. The highest BCUT2D eigenvalue weighted by molar-refractivity contribution is 9.10. The molecule has 72 valence electrons. The molecule has 0 bridgehead atoms. The Morgan fingerprint density at radius 3 is 2.69 bits per heavy atom. The van der Waals surface area contributed by atoms with Gasteiger partial charge < -0.3 is 9.84 Å². The maximum atomic E-state index is 12.2. The number of aromatic nitrogens is 1. The van der Waals surface area contributed by atoms with Gasteiger partial charge in [0.15, 0.2) is 5.75 Å². The maximum Gasteiger partial charge on any atom is 0.266 e. The molecule has 13 heavy (non-hydrogen) atoms. The molecule has 0 saturated heterocycles. The Morgan fingerprint density at radius 2 is 2.23 bits per heavy atom. The first kappa shape index (κ1) is 10.2. The number of alkyl halides is 2. The first-order valence-corrected chi connectivity index (χ1v) is 4.06. The normalized spacial score (nSPS) is 10.5. The van der Waals surface area contributed by atoms with Gasteiger partial charge >= 0.3 is 0 Å². The van der Waals surface area contributed by atoms with Crippen LogP contribution in [-0.4, -0.2) is 17.2 Å². The topological polar surface area (TPSA) is 42.4 Å². The molecule has 0 atom stereocenters. The fourth-order valence-corrected chi connectivity index (χ4v) is 1.22. The number of hydrogen-bond donors (Lipinski definition) is 1. The molecule has 6 heteroatoms. The van der Waals surface area contributed by atoms with E-state index in [0.717, 1.165) is 6.20 Å². The lowest BCUT2D eigenvalue weighted by molar-refractivity contribution is 0.149. The Hall–Kier alpha value is -0.910. The van der Waals surface area contributed by atoms with Crippen LogP contribution in [0.4, 0.5) is 8.78 Å². The van der Waals surface area contributed by atoms with Crippen molar-refractivity contribution in [3.8, 4) is 11.6 Å². The van der Waals surface area contributed by atoms with Gasteiger partial charge in [0, 0.05) is 6.20 Å². The van der Waals surface area contributed by atoms with Crippen LogP contribution in [0.15, 0.2) is 10.7 Å². The summed E-state index contributed by atoms with van der Waals surface area (Å²) < 4.78 is 29.0. The molecule has 0 fully saturated rings. The molecule has 0 spiro atoms. The highest BCUT2D eigenvalue weighted by atomic mass is 79.9. The minimum Gasteiger partial charge on any atom is -0.502 e. The zero-order valence-electron chi connectivity index (χ0n) is 6.59. The molecule has 1 aromatic rings. The third-order valence-corrected chi connectivity index (χ3v) is 2.25. The number of methoxy groups -OCH3 is 1. The van der Waals surface area contributed by atoms with Crippen molar-refractivity contribution in [3.63, 3.8) is 0 Å². The summed E-state index contributed by atoms with van der Waals surface area (Å²) in [6, 6.07) is 0. The van der Waals surface area contributed by atoms with Crippen LogP contribution in [-0.2, 0) is 0 Å². The SMILES string of the molecule is COc1ncc(C(F)F)c(Br)c1O. The molecule has 1 N–H and O–H groups in total. The molecule has 1 rings (SSSR count). The van der Waals surface area contributed by atoms with Crippen molar-refractivity contribution in [1.29, 1.82) is 0 Å². The second-order valence-corrected chi connectivity index (χ2v) is 2.98. The summed E-state index contributed by atoms with van der Waals surface area (Å²) in [6.07, 6.45) is -1.73. The third kappa shape index (κ3) is 1.88. The predicted octanol–water partition coefficient (Wildman–Crippen LogP) is 2.50. The van der Waals surface area contributed by atoms with Crippen LogP contribution in [0.25, 0.3) is 0 Å². The number of ether oxygens (including phenoxy) is 1. The standard InChI is InChI=1S/C7H6BrF2NO2/c1-13-7-5(12)4(8)3(2-11-7)6(9)10/h2,6,12H,1H3. The van der Waals surface area contributed by atoms with Crippen LogP contribution in [0.2, 0.25) is 0 Å². The summed E-state index contributed by atoms with van der Waals surface area (Å²) >= 11 is 2.82. The van der Waals surface area contributed by atoms with Gasteiger partial charge in [-0.3, -0.25) is 0 Å². The number of hydrogen-bond acceptors (Lipinski definition) is 3. The van der Waals surface area contributed by atoms with Crippen LogP contribution < -0.4 is 4.74 Å². The van der Waals surface area contributed by atoms with Crippen molar-refractivity contribution in [2.75, 3.05) is 7.11 Å². The molecule has 0 unspecified atom stereocenters. The van der Waals surface area contributed by atoms with Crippen LogP contribution in [0.3, 0.4) is 0 Å². The van der Waals surface area contributed by atoms with E-state index in [1.807, 2.05) is 0 Å². The first-order valence-electron chi connectivity index (χ1n) is 3.27. The van der Waals surface area contributed by atoms with Gasteiger partial charge in [-0.25, -0.2) is 13.8 Å². The summed E-state index contributed by atoms with van der Waals surface area (Å²) in [5, 5.41) is 9.26. The van der Waals surface area contributed by atoms with Crippen molar-refractivity contribution in [2.24, 2.45) is 0 Å². The summed E-state index contributed by atoms with van der Waals surface area (Å²) in [4.78, 5) is 3.50. The summed E-state index contributed by atoms with van der Waals surface area (Å²) in [7, 11) is 1.29. The van der Waals surface area contributed by atoms with Gasteiger partial charge in [0.25, 0.3) is 12.3 Å². The van der Waals surface area contributed by atoms with E-state index >= 15 is 0 Å². The summed E-state index contributed by atoms with van der Waals surface area (Å²) in [5.41, 5.74) is -0.363. The molecule has 0 aliphatic rings. The number of aromatic hydroxyl groups is 1. The van der Waals surface area contributed by atoms with Crippen LogP contribution in [0, 0.1) is 0 Å². The third-order valence-electron chi connectivity index (χ3n) is 1.41.